The van der Waals surface area contributed by atoms with Crippen molar-refractivity contribution in [3.05, 3.63) is 66.5 Å². The van der Waals surface area contributed by atoms with Crippen LogP contribution >= 0.6 is 0 Å². The molecule has 4 nitrogen and oxygen atoms in total. The molecule has 1 amide bonds. The van der Waals surface area contributed by atoms with Crippen LogP contribution in [0.3, 0.4) is 0 Å². The summed E-state index contributed by atoms with van der Waals surface area (Å²) in [6.07, 6.45) is 1.61. The Morgan fingerprint density at radius 2 is 1.86 bits per heavy atom. The lowest BCUT2D eigenvalue weighted by molar-refractivity contribution is 0.102. The molecular formula is C17H15N3O. The maximum atomic E-state index is 12.3. The number of amides is 1. The van der Waals surface area contributed by atoms with E-state index in [1.807, 2.05) is 55.6 Å². The van der Waals surface area contributed by atoms with Crippen molar-refractivity contribution >= 4 is 28.1 Å². The van der Waals surface area contributed by atoms with Gasteiger partial charge >= 0.3 is 0 Å². The number of carbonyl (C=O) groups excluding carboxylic acids is 1. The summed E-state index contributed by atoms with van der Waals surface area (Å²) in [6.45, 7) is 0. The van der Waals surface area contributed by atoms with Crippen LogP contribution in [0.2, 0.25) is 0 Å². The highest BCUT2D eigenvalue weighted by atomic mass is 16.1. The SMILES string of the molecule is CNc1ccnc(C(=O)Nc2cccc3ccccc23)c1. The Hall–Kier alpha value is -2.88. The Morgan fingerprint density at radius 1 is 1.05 bits per heavy atom. The molecule has 0 aliphatic rings. The van der Waals surface area contributed by atoms with Crippen LogP contribution in [-0.2, 0) is 0 Å². The van der Waals surface area contributed by atoms with Crippen LogP contribution in [0.15, 0.2) is 60.8 Å². The molecule has 0 aliphatic carbocycles. The van der Waals surface area contributed by atoms with Crippen molar-refractivity contribution in [3.63, 3.8) is 0 Å². The third-order valence-electron chi connectivity index (χ3n) is 3.32. The van der Waals surface area contributed by atoms with Gasteiger partial charge in [-0.3, -0.25) is 9.78 Å². The Bertz CT molecular complexity index is 793. The normalized spacial score (nSPS) is 10.3. The lowest BCUT2D eigenvalue weighted by Gasteiger charge is -2.09. The molecule has 3 rings (SSSR count). The van der Waals surface area contributed by atoms with Crippen LogP contribution in [0.4, 0.5) is 11.4 Å². The molecule has 0 saturated carbocycles. The summed E-state index contributed by atoms with van der Waals surface area (Å²) in [5.41, 5.74) is 2.03. The Kier molecular flexibility index (Phi) is 3.51. The van der Waals surface area contributed by atoms with E-state index in [1.165, 1.54) is 0 Å². The number of rotatable bonds is 3. The molecule has 0 spiro atoms. The van der Waals surface area contributed by atoms with Crippen LogP contribution in [-0.4, -0.2) is 17.9 Å². The zero-order valence-corrected chi connectivity index (χ0v) is 11.6. The molecule has 21 heavy (non-hydrogen) atoms. The average Bonchev–Trinajstić information content (AvgIpc) is 2.55. The van der Waals surface area contributed by atoms with Gasteiger partial charge < -0.3 is 10.6 Å². The monoisotopic (exact) mass is 277 g/mol. The van der Waals surface area contributed by atoms with Crippen LogP contribution in [0.5, 0.6) is 0 Å². The van der Waals surface area contributed by atoms with Gasteiger partial charge in [0, 0.05) is 30.0 Å². The summed E-state index contributed by atoms with van der Waals surface area (Å²) in [5, 5.41) is 8.02. The van der Waals surface area contributed by atoms with Gasteiger partial charge in [-0.05, 0) is 23.6 Å². The van der Waals surface area contributed by atoms with Gasteiger partial charge in [0.15, 0.2) is 0 Å². The van der Waals surface area contributed by atoms with Crippen LogP contribution < -0.4 is 10.6 Å². The first kappa shape index (κ1) is 13.1. The third-order valence-corrected chi connectivity index (χ3v) is 3.32. The number of nitrogens with one attached hydrogen (secondary N) is 2. The van der Waals surface area contributed by atoms with E-state index in [4.69, 9.17) is 0 Å². The van der Waals surface area contributed by atoms with E-state index in [9.17, 15) is 4.79 Å². The molecule has 0 aliphatic heterocycles. The molecule has 1 heterocycles. The molecule has 0 saturated heterocycles. The number of fused-ring (bicyclic) bond motifs is 1. The zero-order valence-electron chi connectivity index (χ0n) is 11.6. The van der Waals surface area contributed by atoms with E-state index in [0.717, 1.165) is 22.1 Å². The fourth-order valence-electron chi connectivity index (χ4n) is 2.23. The standard InChI is InChI=1S/C17H15N3O/c1-18-13-9-10-19-16(11-13)17(21)20-15-8-4-6-12-5-2-3-7-14(12)15/h2-11H,1H3,(H,18,19)(H,20,21). The molecule has 1 aromatic heterocycles. The largest absolute Gasteiger partial charge is 0.388 e. The minimum Gasteiger partial charge on any atom is -0.388 e. The summed E-state index contributed by atoms with van der Waals surface area (Å²) < 4.78 is 0. The number of nitrogens with zero attached hydrogens (tertiary/aromatic N) is 1. The van der Waals surface area contributed by atoms with Gasteiger partial charge in [0.2, 0.25) is 0 Å². The van der Waals surface area contributed by atoms with Gasteiger partial charge in [0.25, 0.3) is 5.91 Å². The van der Waals surface area contributed by atoms with Crippen molar-refractivity contribution in [2.75, 3.05) is 17.7 Å². The van der Waals surface area contributed by atoms with Crippen molar-refractivity contribution < 1.29 is 4.79 Å². The van der Waals surface area contributed by atoms with E-state index in [2.05, 4.69) is 15.6 Å². The summed E-state index contributed by atoms with van der Waals surface area (Å²) in [6, 6.07) is 17.3. The Labute approximate surface area is 122 Å². The van der Waals surface area contributed by atoms with Gasteiger partial charge in [-0.2, -0.15) is 0 Å². The number of hydrogen-bond donors (Lipinski definition) is 2. The van der Waals surface area contributed by atoms with Crippen LogP contribution in [0, 0.1) is 0 Å². The predicted molar refractivity (Wildman–Crippen MR) is 85.7 cm³/mol. The van der Waals surface area contributed by atoms with Gasteiger partial charge in [0.1, 0.15) is 5.69 Å². The smallest absolute Gasteiger partial charge is 0.274 e. The molecule has 2 aromatic carbocycles. The molecule has 0 radical (unpaired) electrons. The van der Waals surface area contributed by atoms with Gasteiger partial charge in [-0.25, -0.2) is 0 Å². The van der Waals surface area contributed by atoms with Gasteiger partial charge in [-0.15, -0.1) is 0 Å². The minimum atomic E-state index is -0.219. The predicted octanol–water partition coefficient (Wildman–Crippen LogP) is 3.53. The number of carbonyl (C=O) groups is 1. The molecule has 0 bridgehead atoms. The second-order valence-corrected chi connectivity index (χ2v) is 4.66. The van der Waals surface area contributed by atoms with Crippen molar-refractivity contribution in [2.24, 2.45) is 0 Å². The molecular weight excluding hydrogens is 262 g/mol. The molecule has 2 N–H and O–H groups in total. The molecule has 0 fully saturated rings. The summed E-state index contributed by atoms with van der Waals surface area (Å²) in [7, 11) is 1.81. The molecule has 3 aromatic rings. The van der Waals surface area contributed by atoms with E-state index in [1.54, 1.807) is 12.3 Å². The van der Waals surface area contributed by atoms with Gasteiger partial charge in [0.05, 0.1) is 0 Å². The maximum absolute atomic E-state index is 12.3. The lowest BCUT2D eigenvalue weighted by Crippen LogP contribution is -2.14. The molecule has 0 unspecified atom stereocenters. The van der Waals surface area contributed by atoms with Crippen LogP contribution in [0.25, 0.3) is 10.8 Å². The first-order valence-electron chi connectivity index (χ1n) is 6.71. The second kappa shape index (κ2) is 5.63. The minimum absolute atomic E-state index is 0.219. The van der Waals surface area contributed by atoms with Crippen molar-refractivity contribution in [2.45, 2.75) is 0 Å². The summed E-state index contributed by atoms with van der Waals surface area (Å²) in [5.74, 6) is -0.219. The van der Waals surface area contributed by atoms with E-state index >= 15 is 0 Å². The number of benzene rings is 2. The first-order chi connectivity index (χ1) is 10.3. The quantitative estimate of drug-likeness (QED) is 0.770. The second-order valence-electron chi connectivity index (χ2n) is 4.66. The van der Waals surface area contributed by atoms with Crippen molar-refractivity contribution in [1.29, 1.82) is 0 Å². The van der Waals surface area contributed by atoms with E-state index in [-0.39, 0.29) is 5.91 Å². The first-order valence-corrected chi connectivity index (χ1v) is 6.71. The molecule has 104 valence electrons. The van der Waals surface area contributed by atoms with E-state index in [0.29, 0.717) is 5.69 Å². The average molecular weight is 277 g/mol. The maximum Gasteiger partial charge on any atom is 0.274 e. The number of pyridine rings is 1. The highest BCUT2D eigenvalue weighted by Gasteiger charge is 2.09. The summed E-state index contributed by atoms with van der Waals surface area (Å²) in [4.78, 5) is 16.4. The number of anilines is 2. The van der Waals surface area contributed by atoms with E-state index < -0.39 is 0 Å². The molecule has 0 atom stereocenters. The van der Waals surface area contributed by atoms with Crippen LogP contribution in [0.1, 0.15) is 10.5 Å². The molecule has 4 heteroatoms. The van der Waals surface area contributed by atoms with Gasteiger partial charge in [-0.1, -0.05) is 36.4 Å². The zero-order chi connectivity index (χ0) is 14.7. The highest BCUT2D eigenvalue weighted by molar-refractivity contribution is 6.08. The Morgan fingerprint density at radius 3 is 2.71 bits per heavy atom. The summed E-state index contributed by atoms with van der Waals surface area (Å²) >= 11 is 0. The number of aromatic nitrogens is 1. The fourth-order valence-corrected chi connectivity index (χ4v) is 2.23. The number of hydrogen-bond acceptors (Lipinski definition) is 3. The third kappa shape index (κ3) is 2.69. The van der Waals surface area contributed by atoms with Crippen molar-refractivity contribution in [1.82, 2.24) is 4.98 Å². The lowest BCUT2D eigenvalue weighted by atomic mass is 10.1. The highest BCUT2D eigenvalue weighted by Crippen LogP contribution is 2.23. The fraction of sp³-hybridized carbons (Fsp3) is 0.0588. The Balaban J connectivity index is 1.93. The topological polar surface area (TPSA) is 54.0 Å². The van der Waals surface area contributed by atoms with Crippen molar-refractivity contribution in [3.8, 4) is 0 Å².